The van der Waals surface area contributed by atoms with E-state index < -0.39 is 18.1 Å². The lowest BCUT2D eigenvalue weighted by Crippen LogP contribution is -2.11. The Balaban J connectivity index is 2.43. The third-order valence-corrected chi connectivity index (χ3v) is 3.39. The molecule has 1 aromatic heterocycles. The van der Waals surface area contributed by atoms with Gasteiger partial charge in [0.2, 0.25) is 0 Å². The maximum atomic E-state index is 13.2. The summed E-state index contributed by atoms with van der Waals surface area (Å²) in [5.74, 6) is -0.783. The third-order valence-electron chi connectivity index (χ3n) is 3.14. The van der Waals surface area contributed by atoms with Crippen molar-refractivity contribution in [3.05, 3.63) is 51.8 Å². The van der Waals surface area contributed by atoms with Crippen LogP contribution in [0.1, 0.15) is 40.7 Å². The second kappa shape index (κ2) is 6.87. The van der Waals surface area contributed by atoms with Crippen molar-refractivity contribution in [3.63, 3.8) is 0 Å². The zero-order valence-electron chi connectivity index (χ0n) is 12.1. The zero-order valence-corrected chi connectivity index (χ0v) is 12.9. The average Bonchev–Trinajstić information content (AvgIpc) is 2.78. The van der Waals surface area contributed by atoms with Crippen LogP contribution in [0.15, 0.2) is 24.3 Å². The van der Waals surface area contributed by atoms with Gasteiger partial charge in [0.25, 0.3) is 6.43 Å². The zero-order chi connectivity index (χ0) is 16.3. The van der Waals surface area contributed by atoms with Gasteiger partial charge in [-0.25, -0.2) is 13.6 Å². The summed E-state index contributed by atoms with van der Waals surface area (Å²) in [4.78, 5) is 12.0. The van der Waals surface area contributed by atoms with Gasteiger partial charge in [-0.2, -0.15) is 5.10 Å². The Morgan fingerprint density at radius 3 is 2.55 bits per heavy atom. The number of hydrogen-bond donors (Lipinski definition) is 0. The smallest absolute Gasteiger partial charge is 0.342 e. The van der Waals surface area contributed by atoms with Crippen molar-refractivity contribution in [1.82, 2.24) is 9.78 Å². The molecule has 0 unspecified atom stereocenters. The third kappa shape index (κ3) is 3.44. The molecule has 2 rings (SSSR count). The number of nitrogens with zero attached hydrogens (tertiary/aromatic N) is 2. The fraction of sp³-hybridized carbons (Fsp3) is 0.333. The van der Waals surface area contributed by atoms with Gasteiger partial charge in [-0.15, -0.1) is 0 Å². The predicted octanol–water partition coefficient (Wildman–Crippen LogP) is 3.78. The molecule has 0 radical (unpaired) electrons. The van der Waals surface area contributed by atoms with Crippen molar-refractivity contribution in [2.75, 3.05) is 6.61 Å². The summed E-state index contributed by atoms with van der Waals surface area (Å²) < 4.78 is 32.3. The molecule has 2 aromatic rings. The van der Waals surface area contributed by atoms with Crippen molar-refractivity contribution in [1.29, 1.82) is 0 Å². The van der Waals surface area contributed by atoms with E-state index in [1.807, 2.05) is 0 Å². The summed E-state index contributed by atoms with van der Waals surface area (Å²) in [5.41, 5.74) is 0.490. The number of hydrogen-bond acceptors (Lipinski definition) is 3. The number of halogens is 3. The lowest BCUT2D eigenvalue weighted by molar-refractivity contribution is 0.0512. The molecule has 0 atom stereocenters. The minimum atomic E-state index is -2.81. The van der Waals surface area contributed by atoms with Gasteiger partial charge in [-0.3, -0.25) is 4.68 Å². The van der Waals surface area contributed by atoms with E-state index in [9.17, 15) is 13.6 Å². The first-order valence-electron chi connectivity index (χ1n) is 6.69. The number of aryl methyl sites for hydroxylation is 1. The molecule has 118 valence electrons. The standard InChI is InChI=1S/C15H15ClF2N2O2/c1-3-22-15(21)12-11(19-20(2)13(12)14(17)18)8-9-4-6-10(16)7-5-9/h4-7,14H,3,8H2,1-2H3. The highest BCUT2D eigenvalue weighted by Crippen LogP contribution is 2.27. The fourth-order valence-electron chi connectivity index (χ4n) is 2.19. The van der Waals surface area contributed by atoms with Gasteiger partial charge in [-0.05, 0) is 24.6 Å². The second-order valence-electron chi connectivity index (χ2n) is 4.65. The van der Waals surface area contributed by atoms with Crippen LogP contribution < -0.4 is 0 Å². The van der Waals surface area contributed by atoms with E-state index in [1.165, 1.54) is 7.05 Å². The number of carbonyl (C=O) groups excluding carboxylic acids is 1. The lowest BCUT2D eigenvalue weighted by atomic mass is 10.1. The van der Waals surface area contributed by atoms with Gasteiger partial charge in [0.1, 0.15) is 11.3 Å². The Bertz CT molecular complexity index is 669. The SMILES string of the molecule is CCOC(=O)c1c(Cc2ccc(Cl)cc2)nn(C)c1C(F)F. The van der Waals surface area contributed by atoms with Crippen LogP contribution in [0.5, 0.6) is 0 Å². The van der Waals surface area contributed by atoms with E-state index in [2.05, 4.69) is 5.10 Å². The average molecular weight is 329 g/mol. The molecule has 0 amide bonds. The molecule has 4 nitrogen and oxygen atoms in total. The fourth-order valence-corrected chi connectivity index (χ4v) is 2.32. The Hall–Kier alpha value is -1.95. The summed E-state index contributed by atoms with van der Waals surface area (Å²) in [5, 5.41) is 4.63. The number of ether oxygens (including phenoxy) is 1. The summed E-state index contributed by atoms with van der Waals surface area (Å²) in [6.07, 6.45) is -2.57. The normalized spacial score (nSPS) is 11.0. The number of benzene rings is 1. The number of alkyl halides is 2. The van der Waals surface area contributed by atoms with Crippen LogP contribution >= 0.6 is 11.6 Å². The largest absolute Gasteiger partial charge is 0.462 e. The van der Waals surface area contributed by atoms with Crippen LogP contribution in [-0.4, -0.2) is 22.4 Å². The van der Waals surface area contributed by atoms with Crippen molar-refractivity contribution < 1.29 is 18.3 Å². The van der Waals surface area contributed by atoms with Crippen LogP contribution in [0.2, 0.25) is 5.02 Å². The molecule has 0 aliphatic heterocycles. The van der Waals surface area contributed by atoms with Gasteiger partial charge in [0, 0.05) is 18.5 Å². The van der Waals surface area contributed by atoms with E-state index in [0.717, 1.165) is 10.2 Å². The maximum absolute atomic E-state index is 13.2. The van der Waals surface area contributed by atoms with Crippen molar-refractivity contribution >= 4 is 17.6 Å². The van der Waals surface area contributed by atoms with Crippen LogP contribution in [0, 0.1) is 0 Å². The molecule has 0 saturated carbocycles. The van der Waals surface area contributed by atoms with Crippen LogP contribution in [0.25, 0.3) is 0 Å². The number of carbonyl (C=O) groups is 1. The summed E-state index contributed by atoms with van der Waals surface area (Å²) >= 11 is 5.82. The highest BCUT2D eigenvalue weighted by molar-refractivity contribution is 6.30. The van der Waals surface area contributed by atoms with Gasteiger partial charge in [0.15, 0.2) is 0 Å². The first-order valence-corrected chi connectivity index (χ1v) is 7.07. The summed E-state index contributed by atoms with van der Waals surface area (Å²) in [6.45, 7) is 1.73. The topological polar surface area (TPSA) is 44.1 Å². The quantitative estimate of drug-likeness (QED) is 0.785. The van der Waals surface area contributed by atoms with Crippen LogP contribution in [-0.2, 0) is 18.2 Å². The number of rotatable bonds is 5. The van der Waals surface area contributed by atoms with Gasteiger partial charge in [-0.1, -0.05) is 23.7 Å². The molecule has 0 aliphatic rings. The molecular weight excluding hydrogens is 314 g/mol. The Morgan fingerprint density at radius 1 is 1.36 bits per heavy atom. The van der Waals surface area contributed by atoms with Crippen LogP contribution in [0.3, 0.4) is 0 Å². The van der Waals surface area contributed by atoms with E-state index in [-0.39, 0.29) is 24.3 Å². The molecule has 0 aliphatic carbocycles. The monoisotopic (exact) mass is 328 g/mol. The molecule has 7 heteroatoms. The summed E-state index contributed by atoms with van der Waals surface area (Å²) in [7, 11) is 1.38. The van der Waals surface area contributed by atoms with E-state index >= 15 is 0 Å². The van der Waals surface area contributed by atoms with Crippen LogP contribution in [0.4, 0.5) is 8.78 Å². The highest BCUT2D eigenvalue weighted by atomic mass is 35.5. The van der Waals surface area contributed by atoms with E-state index in [0.29, 0.717) is 5.02 Å². The minimum absolute atomic E-state index is 0.108. The number of aromatic nitrogens is 2. The molecule has 0 N–H and O–H groups in total. The Morgan fingerprint density at radius 2 is 2.00 bits per heavy atom. The number of esters is 1. The second-order valence-corrected chi connectivity index (χ2v) is 5.09. The predicted molar refractivity (Wildman–Crippen MR) is 78.4 cm³/mol. The molecule has 0 spiro atoms. The van der Waals surface area contributed by atoms with Gasteiger partial charge in [0.05, 0.1) is 12.3 Å². The first kappa shape index (κ1) is 16.4. The van der Waals surface area contributed by atoms with Crippen molar-refractivity contribution in [3.8, 4) is 0 Å². The van der Waals surface area contributed by atoms with Crippen molar-refractivity contribution in [2.24, 2.45) is 7.05 Å². The molecule has 0 saturated heterocycles. The van der Waals surface area contributed by atoms with E-state index in [1.54, 1.807) is 31.2 Å². The molecule has 0 fully saturated rings. The Labute approximate surface area is 131 Å². The molecule has 1 heterocycles. The molecule has 1 aromatic carbocycles. The Kier molecular flexibility index (Phi) is 5.13. The van der Waals surface area contributed by atoms with Crippen molar-refractivity contribution in [2.45, 2.75) is 19.8 Å². The van der Waals surface area contributed by atoms with Gasteiger partial charge < -0.3 is 4.74 Å². The van der Waals surface area contributed by atoms with Gasteiger partial charge >= 0.3 is 5.97 Å². The highest BCUT2D eigenvalue weighted by Gasteiger charge is 2.29. The minimum Gasteiger partial charge on any atom is -0.462 e. The molecule has 0 bridgehead atoms. The molecule has 22 heavy (non-hydrogen) atoms. The first-order chi connectivity index (χ1) is 10.4. The maximum Gasteiger partial charge on any atom is 0.342 e. The summed E-state index contributed by atoms with van der Waals surface area (Å²) in [6, 6.07) is 6.90. The molecular formula is C15H15ClF2N2O2. The van der Waals surface area contributed by atoms with E-state index in [4.69, 9.17) is 16.3 Å². The lowest BCUT2D eigenvalue weighted by Gasteiger charge is -2.06.